The first-order valence-corrected chi connectivity index (χ1v) is 6.61. The molecule has 100 valence electrons. The standard InChI is InChI=1S/C12H11F2N3OS/c1-2-7-3-4-8(11(14)10(7)13)5-15-17-12-16-9(18)6-19-12/h3-5H,2,6H2,1H3,(H,16,17,18). The number of hydrogen-bond acceptors (Lipinski definition) is 4. The number of carbonyl (C=O) groups excluding carboxylic acids is 1. The van der Waals surface area contributed by atoms with Crippen molar-refractivity contribution in [2.75, 3.05) is 5.75 Å². The molecule has 1 saturated heterocycles. The van der Waals surface area contributed by atoms with Crippen molar-refractivity contribution in [3.05, 3.63) is 34.9 Å². The summed E-state index contributed by atoms with van der Waals surface area (Å²) in [6.07, 6.45) is 1.54. The second-order valence-corrected chi connectivity index (χ2v) is 4.75. The van der Waals surface area contributed by atoms with Crippen LogP contribution in [-0.4, -0.2) is 23.0 Å². The lowest BCUT2D eigenvalue weighted by Crippen LogP contribution is -2.19. The maximum absolute atomic E-state index is 13.6. The van der Waals surface area contributed by atoms with Gasteiger partial charge in [-0.3, -0.25) is 4.79 Å². The molecule has 1 aromatic carbocycles. The van der Waals surface area contributed by atoms with Crippen LogP contribution in [0.2, 0.25) is 0 Å². The van der Waals surface area contributed by atoms with Crippen molar-refractivity contribution in [3.8, 4) is 0 Å². The van der Waals surface area contributed by atoms with Crippen LogP contribution < -0.4 is 5.32 Å². The lowest BCUT2D eigenvalue weighted by molar-refractivity contribution is -0.116. The summed E-state index contributed by atoms with van der Waals surface area (Å²) >= 11 is 1.21. The van der Waals surface area contributed by atoms with Gasteiger partial charge in [0.05, 0.1) is 12.0 Å². The first kappa shape index (κ1) is 13.7. The predicted molar refractivity (Wildman–Crippen MR) is 71.4 cm³/mol. The van der Waals surface area contributed by atoms with Crippen molar-refractivity contribution < 1.29 is 13.6 Å². The molecule has 1 aliphatic rings. The highest BCUT2D eigenvalue weighted by atomic mass is 32.2. The Balaban J connectivity index is 2.15. The molecule has 1 amide bonds. The molecule has 0 saturated carbocycles. The SMILES string of the molecule is CCc1ccc(C=NN=C2NC(=O)CS2)c(F)c1F. The summed E-state index contributed by atoms with van der Waals surface area (Å²) in [5, 5.41) is 10.2. The molecule has 4 nitrogen and oxygen atoms in total. The zero-order chi connectivity index (χ0) is 13.8. The van der Waals surface area contributed by atoms with E-state index in [-0.39, 0.29) is 11.5 Å². The molecule has 1 fully saturated rings. The van der Waals surface area contributed by atoms with Crippen LogP contribution in [0, 0.1) is 11.6 Å². The number of thioether (sulfide) groups is 1. The zero-order valence-corrected chi connectivity index (χ0v) is 10.9. The number of hydrogen-bond donors (Lipinski definition) is 1. The van der Waals surface area contributed by atoms with Gasteiger partial charge in [0.1, 0.15) is 0 Å². The third-order valence-corrected chi connectivity index (χ3v) is 3.37. The quantitative estimate of drug-likeness (QED) is 0.682. The van der Waals surface area contributed by atoms with Crippen LogP contribution in [0.25, 0.3) is 0 Å². The third-order valence-electron chi connectivity index (χ3n) is 2.50. The van der Waals surface area contributed by atoms with E-state index in [1.807, 2.05) is 0 Å². The maximum atomic E-state index is 13.6. The Kier molecular flexibility index (Phi) is 4.26. The minimum atomic E-state index is -0.939. The number of halogens is 2. The average Bonchev–Trinajstić information content (AvgIpc) is 2.81. The minimum absolute atomic E-state index is 0.0216. The van der Waals surface area contributed by atoms with E-state index in [4.69, 9.17) is 0 Å². The van der Waals surface area contributed by atoms with E-state index in [1.54, 1.807) is 6.92 Å². The Labute approximate surface area is 113 Å². The number of carbonyl (C=O) groups is 1. The van der Waals surface area contributed by atoms with Crippen molar-refractivity contribution >= 4 is 29.1 Å². The zero-order valence-electron chi connectivity index (χ0n) is 10.1. The van der Waals surface area contributed by atoms with E-state index in [2.05, 4.69) is 15.5 Å². The lowest BCUT2D eigenvalue weighted by Gasteiger charge is -2.02. The molecule has 7 heteroatoms. The molecule has 2 rings (SSSR count). The molecule has 1 aliphatic heterocycles. The van der Waals surface area contributed by atoms with Gasteiger partial charge in [-0.05, 0) is 18.1 Å². The first-order valence-electron chi connectivity index (χ1n) is 5.62. The normalized spacial score (nSPS) is 17.4. The van der Waals surface area contributed by atoms with Crippen LogP contribution in [0.5, 0.6) is 0 Å². The topological polar surface area (TPSA) is 53.8 Å². The fourth-order valence-electron chi connectivity index (χ4n) is 1.50. The Morgan fingerprint density at radius 3 is 2.84 bits per heavy atom. The molecule has 0 spiro atoms. The van der Waals surface area contributed by atoms with Crippen molar-refractivity contribution in [1.82, 2.24) is 5.32 Å². The van der Waals surface area contributed by atoms with E-state index in [9.17, 15) is 13.6 Å². The van der Waals surface area contributed by atoms with Gasteiger partial charge in [0.15, 0.2) is 16.8 Å². The van der Waals surface area contributed by atoms with Gasteiger partial charge in [-0.2, -0.15) is 5.10 Å². The molecular weight excluding hydrogens is 272 g/mol. The van der Waals surface area contributed by atoms with Crippen LogP contribution in [0.15, 0.2) is 22.3 Å². The van der Waals surface area contributed by atoms with Gasteiger partial charge in [-0.1, -0.05) is 24.8 Å². The summed E-state index contributed by atoms with van der Waals surface area (Å²) in [7, 11) is 0. The summed E-state index contributed by atoms with van der Waals surface area (Å²) in [5.74, 6) is -1.65. The summed E-state index contributed by atoms with van der Waals surface area (Å²) in [6.45, 7) is 1.75. The minimum Gasteiger partial charge on any atom is -0.303 e. The summed E-state index contributed by atoms with van der Waals surface area (Å²) < 4.78 is 27.1. The molecule has 1 heterocycles. The van der Waals surface area contributed by atoms with Crippen LogP contribution in [0.4, 0.5) is 8.78 Å². The first-order chi connectivity index (χ1) is 9.11. The number of aryl methyl sites for hydroxylation is 1. The highest BCUT2D eigenvalue weighted by Crippen LogP contribution is 2.16. The van der Waals surface area contributed by atoms with Gasteiger partial charge in [-0.15, -0.1) is 5.10 Å². The molecule has 0 aromatic heterocycles. The smallest absolute Gasteiger partial charge is 0.236 e. The second-order valence-electron chi connectivity index (χ2n) is 3.78. The fourth-order valence-corrected chi connectivity index (χ4v) is 2.13. The molecule has 1 N–H and O–H groups in total. The molecule has 19 heavy (non-hydrogen) atoms. The van der Waals surface area contributed by atoms with E-state index >= 15 is 0 Å². The lowest BCUT2D eigenvalue weighted by atomic mass is 10.1. The monoisotopic (exact) mass is 283 g/mol. The molecular formula is C12H11F2N3OS. The number of rotatable bonds is 3. The molecule has 0 atom stereocenters. The number of nitrogens with one attached hydrogen (secondary N) is 1. The highest BCUT2D eigenvalue weighted by molar-refractivity contribution is 8.15. The van der Waals surface area contributed by atoms with Crippen molar-refractivity contribution in [2.24, 2.45) is 10.2 Å². The van der Waals surface area contributed by atoms with Crippen LogP contribution in [0.1, 0.15) is 18.1 Å². The van der Waals surface area contributed by atoms with Gasteiger partial charge in [0.2, 0.25) is 5.91 Å². The van der Waals surface area contributed by atoms with E-state index in [0.717, 1.165) is 6.21 Å². The summed E-state index contributed by atoms with van der Waals surface area (Å²) in [4.78, 5) is 10.9. The predicted octanol–water partition coefficient (Wildman–Crippen LogP) is 2.08. The number of nitrogens with zero attached hydrogens (tertiary/aromatic N) is 2. The van der Waals surface area contributed by atoms with Crippen molar-refractivity contribution in [2.45, 2.75) is 13.3 Å². The molecule has 0 bridgehead atoms. The summed E-state index contributed by atoms with van der Waals surface area (Å²) in [6, 6.07) is 2.96. The summed E-state index contributed by atoms with van der Waals surface area (Å²) in [5.41, 5.74) is 0.341. The maximum Gasteiger partial charge on any atom is 0.236 e. The van der Waals surface area contributed by atoms with E-state index in [0.29, 0.717) is 22.9 Å². The Morgan fingerprint density at radius 1 is 1.42 bits per heavy atom. The van der Waals surface area contributed by atoms with Crippen LogP contribution in [-0.2, 0) is 11.2 Å². The second kappa shape index (κ2) is 5.92. The number of benzene rings is 1. The number of amides is 1. The van der Waals surface area contributed by atoms with E-state index < -0.39 is 11.6 Å². The largest absolute Gasteiger partial charge is 0.303 e. The fraction of sp³-hybridized carbons (Fsp3) is 0.250. The molecule has 0 aliphatic carbocycles. The Hall–Kier alpha value is -1.76. The molecule has 0 unspecified atom stereocenters. The molecule has 1 aromatic rings. The van der Waals surface area contributed by atoms with Crippen molar-refractivity contribution in [3.63, 3.8) is 0 Å². The van der Waals surface area contributed by atoms with Gasteiger partial charge >= 0.3 is 0 Å². The van der Waals surface area contributed by atoms with Crippen molar-refractivity contribution in [1.29, 1.82) is 0 Å². The van der Waals surface area contributed by atoms with Gasteiger partial charge in [-0.25, -0.2) is 8.78 Å². The van der Waals surface area contributed by atoms with Crippen LogP contribution >= 0.6 is 11.8 Å². The Morgan fingerprint density at radius 2 is 2.21 bits per heavy atom. The van der Waals surface area contributed by atoms with Gasteiger partial charge < -0.3 is 5.32 Å². The van der Waals surface area contributed by atoms with E-state index in [1.165, 1.54) is 23.9 Å². The third kappa shape index (κ3) is 3.17. The van der Waals surface area contributed by atoms with Crippen LogP contribution in [0.3, 0.4) is 0 Å². The average molecular weight is 283 g/mol. The number of amidine groups is 1. The highest BCUT2D eigenvalue weighted by Gasteiger charge is 2.16. The Bertz CT molecular complexity index is 572. The molecule has 0 radical (unpaired) electrons. The van der Waals surface area contributed by atoms with Gasteiger partial charge in [0, 0.05) is 5.56 Å². The van der Waals surface area contributed by atoms with Gasteiger partial charge in [0.25, 0.3) is 0 Å².